The quantitative estimate of drug-likeness (QED) is 0.524. The van der Waals surface area contributed by atoms with Gasteiger partial charge in [-0.2, -0.15) is 0 Å². The van der Waals surface area contributed by atoms with Gasteiger partial charge in [-0.3, -0.25) is 0 Å². The van der Waals surface area contributed by atoms with Gasteiger partial charge in [0.1, 0.15) is 0 Å². The number of aliphatic hydroxyl groups is 1. The summed E-state index contributed by atoms with van der Waals surface area (Å²) in [6, 6.07) is 0. The first-order chi connectivity index (χ1) is 4.68. The third kappa shape index (κ3) is 1.60. The van der Waals surface area contributed by atoms with Gasteiger partial charge in [0.2, 0.25) is 0 Å². The Morgan fingerprint density at radius 3 is 2.50 bits per heavy atom. The van der Waals surface area contributed by atoms with Crippen LogP contribution in [0.5, 0.6) is 0 Å². The number of carboxylic acid groups (broad SMARTS) is 1. The summed E-state index contributed by atoms with van der Waals surface area (Å²) in [6.45, 7) is 0.478. The van der Waals surface area contributed by atoms with Crippen molar-refractivity contribution in [1.82, 2.24) is 5.32 Å². The van der Waals surface area contributed by atoms with Crippen LogP contribution < -0.4 is 5.32 Å². The molecular weight excluding hydrogens is 134 g/mol. The van der Waals surface area contributed by atoms with E-state index in [4.69, 9.17) is 10.2 Å². The molecule has 10 heavy (non-hydrogen) atoms. The van der Waals surface area contributed by atoms with Crippen LogP contribution in [0.1, 0.15) is 12.8 Å². The molecule has 1 fully saturated rings. The first kappa shape index (κ1) is 7.34. The lowest BCUT2D eigenvalue weighted by Gasteiger charge is -2.09. The molecular formula is C6H11NO3. The van der Waals surface area contributed by atoms with Gasteiger partial charge in [-0.1, -0.05) is 0 Å². The van der Waals surface area contributed by atoms with Gasteiger partial charge in [0.15, 0.2) is 0 Å². The Morgan fingerprint density at radius 2 is 2.20 bits per heavy atom. The smallest absolute Gasteiger partial charge is 0.404 e. The zero-order valence-electron chi connectivity index (χ0n) is 5.63. The molecule has 3 N–H and O–H groups in total. The number of aliphatic hydroxyl groups excluding tert-OH is 1. The topological polar surface area (TPSA) is 69.6 Å². The molecule has 0 saturated heterocycles. The maximum atomic E-state index is 10.00. The minimum absolute atomic E-state index is 0.0906. The molecule has 1 aliphatic rings. The summed E-state index contributed by atoms with van der Waals surface area (Å²) in [5, 5.41) is 19.2. The summed E-state index contributed by atoms with van der Waals surface area (Å²) in [6.07, 6.45) is 0.854. The minimum atomic E-state index is -1.01. The fraction of sp³-hybridized carbons (Fsp3) is 0.833. The van der Waals surface area contributed by atoms with E-state index in [0.29, 0.717) is 6.54 Å². The molecule has 0 radical (unpaired) electrons. The molecule has 58 valence electrons. The molecule has 0 aromatic carbocycles. The first-order valence-corrected chi connectivity index (χ1v) is 3.26. The van der Waals surface area contributed by atoms with Crippen LogP contribution >= 0.6 is 0 Å². The van der Waals surface area contributed by atoms with Crippen LogP contribution in [0.15, 0.2) is 0 Å². The third-order valence-corrected chi connectivity index (χ3v) is 1.91. The lowest BCUT2D eigenvalue weighted by molar-refractivity contribution is 0.179. The lowest BCUT2D eigenvalue weighted by atomic mass is 10.1. The van der Waals surface area contributed by atoms with Crippen LogP contribution in [0.2, 0.25) is 0 Å². The van der Waals surface area contributed by atoms with Crippen molar-refractivity contribution in [2.24, 2.45) is 5.41 Å². The summed E-state index contributed by atoms with van der Waals surface area (Å²) in [5.74, 6) is 0. The van der Waals surface area contributed by atoms with Gasteiger partial charge < -0.3 is 15.5 Å². The predicted molar refractivity (Wildman–Crippen MR) is 34.8 cm³/mol. The molecule has 1 amide bonds. The fourth-order valence-corrected chi connectivity index (χ4v) is 0.831. The van der Waals surface area contributed by atoms with Gasteiger partial charge in [0.25, 0.3) is 0 Å². The van der Waals surface area contributed by atoms with Gasteiger partial charge in [-0.05, 0) is 12.8 Å². The van der Waals surface area contributed by atoms with Crippen molar-refractivity contribution in [2.75, 3.05) is 13.2 Å². The van der Waals surface area contributed by atoms with E-state index < -0.39 is 6.09 Å². The number of nitrogens with one attached hydrogen (secondary N) is 1. The highest BCUT2D eigenvalue weighted by Gasteiger charge is 2.41. The van der Waals surface area contributed by atoms with E-state index in [9.17, 15) is 4.79 Å². The monoisotopic (exact) mass is 145 g/mol. The number of carbonyl (C=O) groups is 1. The molecule has 0 aliphatic heterocycles. The maximum absolute atomic E-state index is 10.00. The Morgan fingerprint density at radius 1 is 1.60 bits per heavy atom. The molecule has 1 aliphatic carbocycles. The number of hydrogen-bond donors (Lipinski definition) is 3. The molecule has 4 nitrogen and oxygen atoms in total. The van der Waals surface area contributed by atoms with Crippen LogP contribution in [0.25, 0.3) is 0 Å². The number of rotatable bonds is 3. The third-order valence-electron chi connectivity index (χ3n) is 1.91. The average molecular weight is 145 g/mol. The largest absolute Gasteiger partial charge is 0.465 e. The first-order valence-electron chi connectivity index (χ1n) is 3.26. The van der Waals surface area contributed by atoms with E-state index in [-0.39, 0.29) is 12.0 Å². The van der Waals surface area contributed by atoms with Crippen molar-refractivity contribution in [3.8, 4) is 0 Å². The second-order valence-electron chi connectivity index (χ2n) is 2.82. The van der Waals surface area contributed by atoms with Crippen molar-refractivity contribution in [3.05, 3.63) is 0 Å². The molecule has 0 unspecified atom stereocenters. The van der Waals surface area contributed by atoms with Crippen LogP contribution in [0, 0.1) is 5.41 Å². The molecule has 0 aromatic heterocycles. The van der Waals surface area contributed by atoms with Crippen molar-refractivity contribution in [1.29, 1.82) is 0 Å². The summed E-state index contributed by atoms with van der Waals surface area (Å²) in [5.41, 5.74) is -0.113. The second kappa shape index (κ2) is 2.46. The molecule has 0 spiro atoms. The summed E-state index contributed by atoms with van der Waals surface area (Å²) in [4.78, 5) is 10.00. The van der Waals surface area contributed by atoms with Gasteiger partial charge in [0.05, 0.1) is 6.61 Å². The molecule has 0 heterocycles. The van der Waals surface area contributed by atoms with Gasteiger partial charge in [0, 0.05) is 12.0 Å². The Hall–Kier alpha value is -0.770. The number of hydrogen-bond acceptors (Lipinski definition) is 2. The molecule has 4 heteroatoms. The van der Waals surface area contributed by atoms with E-state index in [2.05, 4.69) is 5.32 Å². The minimum Gasteiger partial charge on any atom is -0.465 e. The van der Waals surface area contributed by atoms with Gasteiger partial charge in [-0.25, -0.2) is 4.79 Å². The SMILES string of the molecule is O=C(O)NCC1(CO)CC1. The Bertz CT molecular complexity index is 142. The van der Waals surface area contributed by atoms with Gasteiger partial charge in [-0.15, -0.1) is 0 Å². The van der Waals surface area contributed by atoms with E-state index in [1.165, 1.54) is 0 Å². The Balaban J connectivity index is 2.19. The Labute approximate surface area is 58.9 Å². The zero-order valence-corrected chi connectivity index (χ0v) is 5.63. The standard InChI is InChI=1S/C6H11NO3/c8-4-6(1-2-6)3-7-5(9)10/h7-8H,1-4H2,(H,9,10). The second-order valence-corrected chi connectivity index (χ2v) is 2.82. The van der Waals surface area contributed by atoms with Crippen LogP contribution in [0.3, 0.4) is 0 Å². The zero-order chi connectivity index (χ0) is 7.61. The lowest BCUT2D eigenvalue weighted by Crippen LogP contribution is -2.30. The number of amides is 1. The van der Waals surface area contributed by atoms with E-state index in [1.54, 1.807) is 0 Å². The normalized spacial score (nSPS) is 20.1. The van der Waals surface area contributed by atoms with Crippen molar-refractivity contribution < 1.29 is 15.0 Å². The highest BCUT2D eigenvalue weighted by atomic mass is 16.4. The van der Waals surface area contributed by atoms with Crippen molar-refractivity contribution in [3.63, 3.8) is 0 Å². The van der Waals surface area contributed by atoms with Crippen LogP contribution in [-0.2, 0) is 0 Å². The summed E-state index contributed by atoms with van der Waals surface area (Å²) in [7, 11) is 0. The van der Waals surface area contributed by atoms with Crippen molar-refractivity contribution >= 4 is 6.09 Å². The Kier molecular flexibility index (Phi) is 1.80. The van der Waals surface area contributed by atoms with Crippen LogP contribution in [0.4, 0.5) is 4.79 Å². The van der Waals surface area contributed by atoms with Gasteiger partial charge >= 0.3 is 6.09 Å². The molecule has 0 atom stereocenters. The highest BCUT2D eigenvalue weighted by molar-refractivity contribution is 5.64. The van der Waals surface area contributed by atoms with Crippen LogP contribution in [-0.4, -0.2) is 29.5 Å². The molecule has 0 bridgehead atoms. The van der Waals surface area contributed by atoms with E-state index in [1.807, 2.05) is 0 Å². The fourth-order valence-electron chi connectivity index (χ4n) is 0.831. The average Bonchev–Trinajstić information content (AvgIpc) is 2.64. The predicted octanol–water partition coefficient (Wildman–Crippen LogP) is 0.0265. The summed E-state index contributed by atoms with van der Waals surface area (Å²) >= 11 is 0. The highest BCUT2D eigenvalue weighted by Crippen LogP contribution is 2.44. The van der Waals surface area contributed by atoms with E-state index in [0.717, 1.165) is 12.8 Å². The molecule has 1 saturated carbocycles. The molecule has 1 rings (SSSR count). The maximum Gasteiger partial charge on any atom is 0.404 e. The van der Waals surface area contributed by atoms with E-state index >= 15 is 0 Å². The summed E-state index contributed by atoms with van der Waals surface area (Å²) < 4.78 is 0. The molecule has 0 aromatic rings. The van der Waals surface area contributed by atoms with Crippen molar-refractivity contribution in [2.45, 2.75) is 12.8 Å².